The van der Waals surface area contributed by atoms with Gasteiger partial charge in [0.25, 0.3) is 5.91 Å². The zero-order chi connectivity index (χ0) is 13.8. The van der Waals surface area contributed by atoms with Crippen LogP contribution in [0.1, 0.15) is 39.0 Å². The quantitative estimate of drug-likeness (QED) is 0.726. The molecule has 0 aromatic carbocycles. The summed E-state index contributed by atoms with van der Waals surface area (Å²) in [5.74, 6) is -0.451. The van der Waals surface area contributed by atoms with Gasteiger partial charge in [-0.25, -0.2) is 4.79 Å². The van der Waals surface area contributed by atoms with Gasteiger partial charge in [-0.1, -0.05) is 19.3 Å². The lowest BCUT2D eigenvalue weighted by Gasteiger charge is -2.31. The van der Waals surface area contributed by atoms with E-state index in [4.69, 9.17) is 9.47 Å². The molecule has 19 heavy (non-hydrogen) atoms. The van der Waals surface area contributed by atoms with Crippen LogP contribution in [0.15, 0.2) is 11.3 Å². The Kier molecular flexibility index (Phi) is 4.45. The largest absolute Gasteiger partial charge is 0.491 e. The smallest absolute Gasteiger partial charge is 0.339 e. The molecule has 5 heteroatoms. The molecule has 5 nitrogen and oxygen atoms in total. The van der Waals surface area contributed by atoms with Crippen LogP contribution in [-0.2, 0) is 19.1 Å². The minimum Gasteiger partial charge on any atom is -0.491 e. The van der Waals surface area contributed by atoms with Crippen molar-refractivity contribution in [2.24, 2.45) is 0 Å². The summed E-state index contributed by atoms with van der Waals surface area (Å²) in [5.41, 5.74) is 0.361. The highest BCUT2D eigenvalue weighted by molar-refractivity contribution is 6.05. The first-order valence-corrected chi connectivity index (χ1v) is 6.94. The van der Waals surface area contributed by atoms with Crippen LogP contribution in [0.2, 0.25) is 0 Å². The molecule has 0 aromatic rings. The fraction of sp³-hybridized carbons (Fsp3) is 0.714. The molecule has 0 N–H and O–H groups in total. The third-order valence-electron chi connectivity index (χ3n) is 3.80. The highest BCUT2D eigenvalue weighted by Crippen LogP contribution is 2.29. The van der Waals surface area contributed by atoms with Gasteiger partial charge in [-0.05, 0) is 19.8 Å². The van der Waals surface area contributed by atoms with E-state index in [0.717, 1.165) is 25.7 Å². The lowest BCUT2D eigenvalue weighted by atomic mass is 9.94. The second kappa shape index (κ2) is 6.08. The maximum Gasteiger partial charge on any atom is 0.339 e. The van der Waals surface area contributed by atoms with Gasteiger partial charge >= 0.3 is 5.97 Å². The molecule has 1 fully saturated rings. The maximum absolute atomic E-state index is 12.3. The summed E-state index contributed by atoms with van der Waals surface area (Å²) in [6, 6.07) is 0.235. The van der Waals surface area contributed by atoms with Crippen LogP contribution in [0.25, 0.3) is 0 Å². The second-order valence-electron chi connectivity index (χ2n) is 4.96. The number of methoxy groups -OCH3 is 1. The molecular formula is C14H21NO4. The van der Waals surface area contributed by atoms with Gasteiger partial charge in [0, 0.05) is 6.04 Å². The first kappa shape index (κ1) is 13.9. The molecule has 1 aliphatic carbocycles. The van der Waals surface area contributed by atoms with E-state index in [1.54, 1.807) is 11.8 Å². The minimum atomic E-state index is -0.439. The van der Waals surface area contributed by atoms with E-state index in [1.165, 1.54) is 13.5 Å². The lowest BCUT2D eigenvalue weighted by molar-refractivity contribution is -0.138. The average molecular weight is 267 g/mol. The Morgan fingerprint density at radius 2 is 2.00 bits per heavy atom. The molecule has 2 aliphatic rings. The Bertz CT molecular complexity index is 396. The molecule has 1 heterocycles. The van der Waals surface area contributed by atoms with E-state index >= 15 is 0 Å². The summed E-state index contributed by atoms with van der Waals surface area (Å²) < 4.78 is 10.1. The molecule has 2 rings (SSSR count). The molecule has 0 aromatic heterocycles. The predicted octanol–water partition coefficient (Wildman–Crippen LogP) is 1.62. The van der Waals surface area contributed by atoms with E-state index in [-0.39, 0.29) is 17.7 Å². The van der Waals surface area contributed by atoms with Crippen molar-refractivity contribution in [3.05, 3.63) is 11.3 Å². The molecule has 106 valence electrons. The molecule has 0 saturated heterocycles. The Hall–Kier alpha value is -1.52. The van der Waals surface area contributed by atoms with Crippen molar-refractivity contribution >= 4 is 11.9 Å². The Labute approximate surface area is 113 Å². The number of ether oxygens (including phenoxy) is 2. The third kappa shape index (κ3) is 2.74. The topological polar surface area (TPSA) is 55.8 Å². The molecule has 0 spiro atoms. The first-order chi connectivity index (χ1) is 9.19. The summed E-state index contributed by atoms with van der Waals surface area (Å²) in [5, 5.41) is 0. The third-order valence-corrected chi connectivity index (χ3v) is 3.80. The van der Waals surface area contributed by atoms with Gasteiger partial charge < -0.3 is 14.4 Å². The maximum atomic E-state index is 12.3. The molecule has 0 unspecified atom stereocenters. The van der Waals surface area contributed by atoms with Gasteiger partial charge in [0.15, 0.2) is 5.76 Å². The van der Waals surface area contributed by atoms with Gasteiger partial charge in [0.2, 0.25) is 0 Å². The van der Waals surface area contributed by atoms with Crippen molar-refractivity contribution in [3.8, 4) is 0 Å². The molecule has 1 amide bonds. The van der Waals surface area contributed by atoms with Crippen LogP contribution in [0, 0.1) is 0 Å². The Morgan fingerprint density at radius 1 is 1.32 bits per heavy atom. The lowest BCUT2D eigenvalue weighted by Crippen LogP contribution is -2.39. The fourth-order valence-electron chi connectivity index (χ4n) is 2.85. The predicted molar refractivity (Wildman–Crippen MR) is 69.3 cm³/mol. The van der Waals surface area contributed by atoms with Crippen LogP contribution in [-0.4, -0.2) is 43.1 Å². The number of esters is 1. The SMILES string of the molecule is CCOC(=O)C1=C(OC)C(=O)N(C2CCCCC2)C1. The van der Waals surface area contributed by atoms with Gasteiger partial charge in [-0.2, -0.15) is 0 Å². The van der Waals surface area contributed by atoms with E-state index in [2.05, 4.69) is 0 Å². The van der Waals surface area contributed by atoms with Crippen LogP contribution in [0.5, 0.6) is 0 Å². The summed E-state index contributed by atoms with van der Waals surface area (Å²) in [6.07, 6.45) is 5.54. The highest BCUT2D eigenvalue weighted by Gasteiger charge is 2.39. The van der Waals surface area contributed by atoms with E-state index in [0.29, 0.717) is 18.7 Å². The number of hydrogen-bond acceptors (Lipinski definition) is 4. The van der Waals surface area contributed by atoms with E-state index in [1.807, 2.05) is 0 Å². The van der Waals surface area contributed by atoms with Gasteiger partial charge in [-0.15, -0.1) is 0 Å². The average Bonchev–Trinajstić information content (AvgIpc) is 2.77. The summed E-state index contributed by atoms with van der Waals surface area (Å²) in [6.45, 7) is 2.38. The van der Waals surface area contributed by atoms with Crippen molar-refractivity contribution in [2.45, 2.75) is 45.1 Å². The number of carbonyl (C=O) groups is 2. The minimum absolute atomic E-state index is 0.157. The van der Waals surface area contributed by atoms with Crippen molar-refractivity contribution < 1.29 is 19.1 Å². The number of hydrogen-bond donors (Lipinski definition) is 0. The Morgan fingerprint density at radius 3 is 2.58 bits per heavy atom. The normalized spacial score (nSPS) is 20.9. The van der Waals surface area contributed by atoms with Crippen molar-refractivity contribution in [2.75, 3.05) is 20.3 Å². The fourth-order valence-corrected chi connectivity index (χ4v) is 2.85. The Balaban J connectivity index is 2.12. The monoisotopic (exact) mass is 267 g/mol. The number of nitrogens with zero attached hydrogens (tertiary/aromatic N) is 1. The van der Waals surface area contributed by atoms with E-state index in [9.17, 15) is 9.59 Å². The second-order valence-corrected chi connectivity index (χ2v) is 4.96. The zero-order valence-electron chi connectivity index (χ0n) is 11.6. The summed E-state index contributed by atoms with van der Waals surface area (Å²) >= 11 is 0. The summed E-state index contributed by atoms with van der Waals surface area (Å²) in [7, 11) is 1.43. The molecule has 0 atom stereocenters. The molecule has 0 radical (unpaired) electrons. The van der Waals surface area contributed by atoms with Crippen molar-refractivity contribution in [3.63, 3.8) is 0 Å². The van der Waals surface area contributed by atoms with Crippen LogP contribution in [0.4, 0.5) is 0 Å². The molecular weight excluding hydrogens is 246 g/mol. The number of carbonyl (C=O) groups excluding carboxylic acids is 2. The highest BCUT2D eigenvalue weighted by atomic mass is 16.5. The summed E-state index contributed by atoms with van der Waals surface area (Å²) in [4.78, 5) is 25.9. The van der Waals surface area contributed by atoms with Crippen LogP contribution < -0.4 is 0 Å². The van der Waals surface area contributed by atoms with Gasteiger partial charge in [0.05, 0.1) is 20.3 Å². The van der Waals surface area contributed by atoms with Crippen molar-refractivity contribution in [1.82, 2.24) is 4.90 Å². The first-order valence-electron chi connectivity index (χ1n) is 6.94. The molecule has 1 saturated carbocycles. The zero-order valence-corrected chi connectivity index (χ0v) is 11.6. The van der Waals surface area contributed by atoms with Crippen LogP contribution >= 0.6 is 0 Å². The van der Waals surface area contributed by atoms with Crippen molar-refractivity contribution in [1.29, 1.82) is 0 Å². The van der Waals surface area contributed by atoms with Crippen LogP contribution in [0.3, 0.4) is 0 Å². The standard InChI is InChI=1S/C14H21NO4/c1-3-19-14(17)11-9-15(13(16)12(11)18-2)10-7-5-4-6-8-10/h10H,3-9H2,1-2H3. The van der Waals surface area contributed by atoms with E-state index < -0.39 is 5.97 Å². The molecule has 0 bridgehead atoms. The number of amides is 1. The van der Waals surface area contributed by atoms with Gasteiger partial charge in [0.1, 0.15) is 5.57 Å². The van der Waals surface area contributed by atoms with Gasteiger partial charge in [-0.3, -0.25) is 4.79 Å². The number of rotatable bonds is 4. The molecule has 1 aliphatic heterocycles.